The van der Waals surface area contributed by atoms with E-state index in [1.807, 2.05) is 29.1 Å². The number of carbonyl (C=O) groups excluding carboxylic acids is 1. The van der Waals surface area contributed by atoms with Crippen molar-refractivity contribution < 1.29 is 14.3 Å². The Morgan fingerprint density at radius 3 is 2.74 bits per heavy atom. The van der Waals surface area contributed by atoms with Gasteiger partial charge >= 0.3 is 5.97 Å². The molecule has 0 radical (unpaired) electrons. The van der Waals surface area contributed by atoms with E-state index in [9.17, 15) is 4.79 Å². The van der Waals surface area contributed by atoms with Crippen LogP contribution in [0, 0.1) is 12.3 Å². The molecule has 0 saturated heterocycles. The fourth-order valence-electron chi connectivity index (χ4n) is 1.70. The van der Waals surface area contributed by atoms with E-state index in [0.29, 0.717) is 11.3 Å². The molecule has 4 nitrogen and oxygen atoms in total. The number of benzene rings is 1. The molecule has 1 aromatic heterocycles. The van der Waals surface area contributed by atoms with Crippen molar-refractivity contribution >= 4 is 5.97 Å². The molecule has 2 aromatic rings. The Hall–Kier alpha value is -2.67. The highest BCUT2D eigenvalue weighted by Gasteiger charge is 2.11. The first-order valence-electron chi connectivity index (χ1n) is 5.68. The lowest BCUT2D eigenvalue weighted by Crippen LogP contribution is -2.07. The van der Waals surface area contributed by atoms with Gasteiger partial charge in [0.2, 0.25) is 0 Å². The number of carbonyl (C=O) groups is 1. The molecule has 96 valence electrons. The molecule has 2 rings (SSSR count). The number of esters is 1. The van der Waals surface area contributed by atoms with Crippen molar-refractivity contribution in [1.82, 2.24) is 4.57 Å². The van der Waals surface area contributed by atoms with E-state index in [1.165, 1.54) is 0 Å². The van der Waals surface area contributed by atoms with E-state index in [4.69, 9.17) is 15.9 Å². The third-order valence-electron chi connectivity index (χ3n) is 2.58. The number of hydrogen-bond donors (Lipinski definition) is 0. The molecule has 0 atom stereocenters. The summed E-state index contributed by atoms with van der Waals surface area (Å²) < 4.78 is 12.0. The lowest BCUT2D eigenvalue weighted by atomic mass is 10.2. The van der Waals surface area contributed by atoms with E-state index in [-0.39, 0.29) is 6.61 Å². The van der Waals surface area contributed by atoms with Crippen molar-refractivity contribution in [1.29, 1.82) is 0 Å². The zero-order valence-electron chi connectivity index (χ0n) is 10.5. The van der Waals surface area contributed by atoms with Gasteiger partial charge in [0.1, 0.15) is 5.75 Å². The molecule has 0 fully saturated rings. The predicted octanol–water partition coefficient (Wildman–Crippen LogP) is 2.28. The van der Waals surface area contributed by atoms with Gasteiger partial charge in [-0.25, -0.2) is 4.79 Å². The molecule has 0 bridgehead atoms. The standard InChI is InChI=1S/C15H13NO3/c1-3-10-19-15(17)12-6-7-14(18-2)13(11-12)16-8-4-5-9-16/h1,4-9,11H,10H2,2H3. The number of methoxy groups -OCH3 is 1. The zero-order chi connectivity index (χ0) is 13.7. The van der Waals surface area contributed by atoms with Gasteiger partial charge in [-0.15, -0.1) is 6.42 Å². The van der Waals surface area contributed by atoms with Crippen LogP contribution < -0.4 is 4.74 Å². The van der Waals surface area contributed by atoms with Crippen molar-refractivity contribution in [3.8, 4) is 23.8 Å². The van der Waals surface area contributed by atoms with Gasteiger partial charge in [-0.3, -0.25) is 0 Å². The minimum atomic E-state index is -0.450. The van der Waals surface area contributed by atoms with E-state index >= 15 is 0 Å². The fourth-order valence-corrected chi connectivity index (χ4v) is 1.70. The van der Waals surface area contributed by atoms with Crippen LogP contribution in [-0.4, -0.2) is 24.3 Å². The van der Waals surface area contributed by atoms with Gasteiger partial charge < -0.3 is 14.0 Å². The van der Waals surface area contributed by atoms with Crippen LogP contribution in [0.2, 0.25) is 0 Å². The fraction of sp³-hybridized carbons (Fsp3) is 0.133. The van der Waals surface area contributed by atoms with Gasteiger partial charge in [-0.05, 0) is 30.3 Å². The SMILES string of the molecule is C#CCOC(=O)c1ccc(OC)c(-n2cccc2)c1. The maximum absolute atomic E-state index is 11.8. The third kappa shape index (κ3) is 2.78. The number of nitrogens with zero attached hydrogens (tertiary/aromatic N) is 1. The van der Waals surface area contributed by atoms with Crippen molar-refractivity contribution in [2.45, 2.75) is 0 Å². The van der Waals surface area contributed by atoms with Crippen LogP contribution >= 0.6 is 0 Å². The molecular formula is C15H13NO3. The summed E-state index contributed by atoms with van der Waals surface area (Å²) in [5.74, 6) is 2.48. The van der Waals surface area contributed by atoms with Gasteiger partial charge in [0.15, 0.2) is 6.61 Å². The Morgan fingerprint density at radius 1 is 1.37 bits per heavy atom. The summed E-state index contributed by atoms with van der Waals surface area (Å²) in [6.07, 6.45) is 8.80. The Labute approximate surface area is 111 Å². The molecule has 0 unspecified atom stereocenters. The summed E-state index contributed by atoms with van der Waals surface area (Å²) in [5.41, 5.74) is 1.20. The summed E-state index contributed by atoms with van der Waals surface area (Å²) in [6, 6.07) is 8.86. The molecule has 1 heterocycles. The monoisotopic (exact) mass is 255 g/mol. The second-order valence-electron chi connectivity index (χ2n) is 3.76. The first-order chi connectivity index (χ1) is 9.26. The van der Waals surface area contributed by atoms with Gasteiger partial charge in [-0.1, -0.05) is 5.92 Å². The molecule has 0 aliphatic heterocycles. The van der Waals surface area contributed by atoms with Crippen molar-refractivity contribution in [3.63, 3.8) is 0 Å². The van der Waals surface area contributed by atoms with Gasteiger partial charge in [0.05, 0.1) is 18.4 Å². The molecule has 0 N–H and O–H groups in total. The first kappa shape index (κ1) is 12.8. The largest absolute Gasteiger partial charge is 0.495 e. The summed E-state index contributed by atoms with van der Waals surface area (Å²) in [7, 11) is 1.58. The second-order valence-corrected chi connectivity index (χ2v) is 3.76. The molecule has 0 saturated carbocycles. The lowest BCUT2D eigenvalue weighted by Gasteiger charge is -2.11. The van der Waals surface area contributed by atoms with Gasteiger partial charge in [0, 0.05) is 12.4 Å². The summed E-state index contributed by atoms with van der Waals surface area (Å²) in [6.45, 7) is -0.0380. The Kier molecular flexibility index (Phi) is 3.89. The van der Waals surface area contributed by atoms with E-state index in [1.54, 1.807) is 25.3 Å². The second kappa shape index (κ2) is 5.78. The first-order valence-corrected chi connectivity index (χ1v) is 5.68. The normalized spacial score (nSPS) is 9.68. The van der Waals surface area contributed by atoms with Crippen LogP contribution in [0.4, 0.5) is 0 Å². The van der Waals surface area contributed by atoms with Crippen molar-refractivity contribution in [2.75, 3.05) is 13.7 Å². The maximum atomic E-state index is 11.8. The van der Waals surface area contributed by atoms with Crippen molar-refractivity contribution in [2.24, 2.45) is 0 Å². The van der Waals surface area contributed by atoms with Crippen LogP contribution in [-0.2, 0) is 4.74 Å². The summed E-state index contributed by atoms with van der Waals surface area (Å²) >= 11 is 0. The molecule has 1 aromatic carbocycles. The van der Waals surface area contributed by atoms with Crippen LogP contribution in [0.5, 0.6) is 5.75 Å². The average molecular weight is 255 g/mol. The average Bonchev–Trinajstić information content (AvgIpc) is 2.98. The number of aromatic nitrogens is 1. The highest BCUT2D eigenvalue weighted by atomic mass is 16.5. The lowest BCUT2D eigenvalue weighted by molar-refractivity contribution is 0.0556. The van der Waals surface area contributed by atoms with Crippen LogP contribution in [0.15, 0.2) is 42.7 Å². The van der Waals surface area contributed by atoms with Crippen molar-refractivity contribution in [3.05, 3.63) is 48.3 Å². The highest BCUT2D eigenvalue weighted by molar-refractivity contribution is 5.90. The molecule has 4 heteroatoms. The zero-order valence-corrected chi connectivity index (χ0v) is 10.5. The predicted molar refractivity (Wildman–Crippen MR) is 71.4 cm³/mol. The smallest absolute Gasteiger partial charge is 0.339 e. The Bertz CT molecular complexity index is 609. The quantitative estimate of drug-likeness (QED) is 0.621. The van der Waals surface area contributed by atoms with E-state index in [2.05, 4.69) is 5.92 Å². The van der Waals surface area contributed by atoms with Crippen LogP contribution in [0.3, 0.4) is 0 Å². The molecule has 19 heavy (non-hydrogen) atoms. The molecular weight excluding hydrogens is 242 g/mol. The minimum Gasteiger partial charge on any atom is -0.495 e. The third-order valence-corrected chi connectivity index (χ3v) is 2.58. The maximum Gasteiger partial charge on any atom is 0.339 e. The van der Waals surface area contributed by atoms with Gasteiger partial charge in [-0.2, -0.15) is 0 Å². The number of hydrogen-bond acceptors (Lipinski definition) is 3. The Morgan fingerprint density at radius 2 is 2.11 bits per heavy atom. The number of ether oxygens (including phenoxy) is 2. The van der Waals surface area contributed by atoms with Gasteiger partial charge in [0.25, 0.3) is 0 Å². The summed E-state index contributed by atoms with van der Waals surface area (Å²) in [4.78, 5) is 11.8. The summed E-state index contributed by atoms with van der Waals surface area (Å²) in [5, 5.41) is 0. The Balaban J connectivity index is 2.37. The highest BCUT2D eigenvalue weighted by Crippen LogP contribution is 2.24. The molecule has 0 aliphatic carbocycles. The van der Waals surface area contributed by atoms with Crippen LogP contribution in [0.25, 0.3) is 5.69 Å². The molecule has 0 aliphatic rings. The number of terminal acetylenes is 1. The minimum absolute atomic E-state index is 0.0380. The topological polar surface area (TPSA) is 40.5 Å². The number of rotatable bonds is 4. The molecule has 0 spiro atoms. The van der Waals surface area contributed by atoms with E-state index in [0.717, 1.165) is 5.69 Å². The molecule has 0 amide bonds. The van der Waals surface area contributed by atoms with Crippen LogP contribution in [0.1, 0.15) is 10.4 Å². The van der Waals surface area contributed by atoms with E-state index < -0.39 is 5.97 Å².